The molecule has 0 saturated carbocycles. The Hall–Kier alpha value is -2.02. The standard InChI is InChI=1S/C11H12N2O2/c1-8-5-9(6-12)3-4-10(8)13(2)7-11(14)15/h3-5H,7H2,1-2H3,(H,14,15). The first-order valence-corrected chi connectivity index (χ1v) is 4.48. The smallest absolute Gasteiger partial charge is 0.323 e. The number of rotatable bonds is 3. The Morgan fingerprint density at radius 3 is 2.73 bits per heavy atom. The van der Waals surface area contributed by atoms with Crippen molar-refractivity contribution in [2.24, 2.45) is 0 Å². The molecule has 0 atom stereocenters. The summed E-state index contributed by atoms with van der Waals surface area (Å²) in [5, 5.41) is 17.3. The van der Waals surface area contributed by atoms with Crippen LogP contribution in [0.3, 0.4) is 0 Å². The molecule has 0 unspecified atom stereocenters. The topological polar surface area (TPSA) is 64.3 Å². The molecule has 1 aromatic carbocycles. The van der Waals surface area contributed by atoms with Crippen LogP contribution in [0.4, 0.5) is 5.69 Å². The largest absolute Gasteiger partial charge is 0.480 e. The molecule has 15 heavy (non-hydrogen) atoms. The van der Waals surface area contributed by atoms with E-state index in [1.807, 2.05) is 13.0 Å². The van der Waals surface area contributed by atoms with Gasteiger partial charge in [-0.2, -0.15) is 5.26 Å². The zero-order chi connectivity index (χ0) is 11.4. The van der Waals surface area contributed by atoms with Gasteiger partial charge in [0.2, 0.25) is 0 Å². The number of carboxylic acid groups (broad SMARTS) is 1. The summed E-state index contributed by atoms with van der Waals surface area (Å²) in [5.74, 6) is -0.874. The summed E-state index contributed by atoms with van der Waals surface area (Å²) in [7, 11) is 1.71. The number of hydrogen-bond acceptors (Lipinski definition) is 3. The van der Waals surface area contributed by atoms with Crippen LogP contribution in [0.1, 0.15) is 11.1 Å². The summed E-state index contributed by atoms with van der Waals surface area (Å²) in [6.45, 7) is 1.81. The second-order valence-electron chi connectivity index (χ2n) is 3.36. The van der Waals surface area contributed by atoms with Crippen LogP contribution in [0.5, 0.6) is 0 Å². The van der Waals surface area contributed by atoms with E-state index < -0.39 is 5.97 Å². The van der Waals surface area contributed by atoms with Crippen molar-refractivity contribution in [1.82, 2.24) is 0 Å². The third kappa shape index (κ3) is 2.71. The Balaban J connectivity index is 2.96. The van der Waals surface area contributed by atoms with Gasteiger partial charge in [-0.15, -0.1) is 0 Å². The number of anilines is 1. The Morgan fingerprint density at radius 1 is 1.60 bits per heavy atom. The van der Waals surface area contributed by atoms with E-state index in [2.05, 4.69) is 0 Å². The Labute approximate surface area is 88.4 Å². The number of nitriles is 1. The minimum Gasteiger partial charge on any atom is -0.480 e. The SMILES string of the molecule is Cc1cc(C#N)ccc1N(C)CC(=O)O. The number of carbonyl (C=O) groups is 1. The number of aryl methyl sites for hydroxylation is 1. The average Bonchev–Trinajstić information content (AvgIpc) is 2.16. The van der Waals surface area contributed by atoms with Crippen molar-refractivity contribution < 1.29 is 9.90 Å². The minimum atomic E-state index is -0.874. The fraction of sp³-hybridized carbons (Fsp3) is 0.273. The van der Waals surface area contributed by atoms with E-state index in [1.165, 1.54) is 0 Å². The van der Waals surface area contributed by atoms with Crippen LogP contribution in [-0.4, -0.2) is 24.7 Å². The Morgan fingerprint density at radius 2 is 2.27 bits per heavy atom. The van der Waals surface area contributed by atoms with Crippen LogP contribution in [-0.2, 0) is 4.79 Å². The van der Waals surface area contributed by atoms with Gasteiger partial charge in [-0.05, 0) is 30.7 Å². The van der Waals surface area contributed by atoms with Gasteiger partial charge < -0.3 is 10.0 Å². The highest BCUT2D eigenvalue weighted by Crippen LogP contribution is 2.19. The normalized spacial score (nSPS) is 9.40. The Bertz CT molecular complexity index is 421. The summed E-state index contributed by atoms with van der Waals surface area (Å²) in [5.41, 5.74) is 2.31. The van der Waals surface area contributed by atoms with Crippen molar-refractivity contribution in [3.63, 3.8) is 0 Å². The van der Waals surface area contributed by atoms with Crippen LogP contribution in [0, 0.1) is 18.3 Å². The maximum absolute atomic E-state index is 10.5. The van der Waals surface area contributed by atoms with Gasteiger partial charge in [0.25, 0.3) is 0 Å². The van der Waals surface area contributed by atoms with Crippen molar-refractivity contribution >= 4 is 11.7 Å². The number of benzene rings is 1. The average molecular weight is 204 g/mol. The Kier molecular flexibility index (Phi) is 3.29. The van der Waals surface area contributed by atoms with Crippen molar-refractivity contribution in [2.45, 2.75) is 6.92 Å². The number of aliphatic carboxylic acids is 1. The van der Waals surface area contributed by atoms with Crippen molar-refractivity contribution in [1.29, 1.82) is 5.26 Å². The number of carboxylic acids is 1. The highest BCUT2D eigenvalue weighted by Gasteiger charge is 2.08. The van der Waals surface area contributed by atoms with Gasteiger partial charge in [-0.1, -0.05) is 0 Å². The minimum absolute atomic E-state index is 0.0489. The van der Waals surface area contributed by atoms with Gasteiger partial charge in [0.15, 0.2) is 0 Å². The van der Waals surface area contributed by atoms with Crippen LogP contribution < -0.4 is 4.90 Å². The van der Waals surface area contributed by atoms with Gasteiger partial charge in [0, 0.05) is 12.7 Å². The maximum atomic E-state index is 10.5. The fourth-order valence-corrected chi connectivity index (χ4v) is 1.44. The van der Waals surface area contributed by atoms with E-state index in [4.69, 9.17) is 10.4 Å². The molecular weight excluding hydrogens is 192 g/mol. The molecule has 0 radical (unpaired) electrons. The zero-order valence-electron chi connectivity index (χ0n) is 8.69. The van der Waals surface area contributed by atoms with Gasteiger partial charge in [-0.3, -0.25) is 4.79 Å². The summed E-state index contributed by atoms with van der Waals surface area (Å²) >= 11 is 0. The lowest BCUT2D eigenvalue weighted by atomic mass is 10.1. The second-order valence-corrected chi connectivity index (χ2v) is 3.36. The van der Waals surface area contributed by atoms with Crippen LogP contribution in [0.15, 0.2) is 18.2 Å². The molecule has 4 nitrogen and oxygen atoms in total. The third-order valence-electron chi connectivity index (χ3n) is 2.11. The molecule has 0 fully saturated rings. The molecule has 0 spiro atoms. The maximum Gasteiger partial charge on any atom is 0.323 e. The van der Waals surface area contributed by atoms with E-state index in [0.29, 0.717) is 5.56 Å². The fourth-order valence-electron chi connectivity index (χ4n) is 1.44. The lowest BCUT2D eigenvalue weighted by molar-refractivity contribution is -0.135. The first-order valence-electron chi connectivity index (χ1n) is 4.48. The highest BCUT2D eigenvalue weighted by molar-refractivity contribution is 5.74. The summed E-state index contributed by atoms with van der Waals surface area (Å²) in [4.78, 5) is 12.2. The lowest BCUT2D eigenvalue weighted by Crippen LogP contribution is -2.25. The van der Waals surface area contributed by atoms with Crippen molar-refractivity contribution in [3.8, 4) is 6.07 Å². The molecule has 0 aliphatic heterocycles. The molecule has 1 rings (SSSR count). The summed E-state index contributed by atoms with van der Waals surface area (Å²) in [6.07, 6.45) is 0. The number of hydrogen-bond donors (Lipinski definition) is 1. The van der Waals surface area contributed by atoms with E-state index in [1.54, 1.807) is 30.1 Å². The number of nitrogens with zero attached hydrogens (tertiary/aromatic N) is 2. The molecule has 4 heteroatoms. The summed E-state index contributed by atoms with van der Waals surface area (Å²) < 4.78 is 0. The molecule has 0 bridgehead atoms. The zero-order valence-corrected chi connectivity index (χ0v) is 8.69. The van der Waals surface area contributed by atoms with Gasteiger partial charge >= 0.3 is 5.97 Å². The van der Waals surface area contributed by atoms with Gasteiger partial charge in [0.05, 0.1) is 11.6 Å². The van der Waals surface area contributed by atoms with E-state index in [0.717, 1.165) is 11.3 Å². The van der Waals surface area contributed by atoms with E-state index in [9.17, 15) is 4.79 Å². The second kappa shape index (κ2) is 4.47. The van der Waals surface area contributed by atoms with Crippen molar-refractivity contribution in [2.75, 3.05) is 18.5 Å². The van der Waals surface area contributed by atoms with E-state index in [-0.39, 0.29) is 6.54 Å². The number of likely N-dealkylation sites (N-methyl/N-ethyl adjacent to an activating group) is 1. The molecular formula is C11H12N2O2. The van der Waals surface area contributed by atoms with Gasteiger partial charge in [0.1, 0.15) is 6.54 Å². The predicted octanol–water partition coefficient (Wildman–Crippen LogP) is 1.39. The summed E-state index contributed by atoms with van der Waals surface area (Å²) in [6, 6.07) is 7.23. The van der Waals surface area contributed by atoms with Gasteiger partial charge in [-0.25, -0.2) is 0 Å². The van der Waals surface area contributed by atoms with Crippen molar-refractivity contribution in [3.05, 3.63) is 29.3 Å². The first kappa shape index (κ1) is 11.1. The monoisotopic (exact) mass is 204 g/mol. The molecule has 0 aliphatic rings. The quantitative estimate of drug-likeness (QED) is 0.808. The van der Waals surface area contributed by atoms with Crippen LogP contribution in [0.2, 0.25) is 0 Å². The predicted molar refractivity (Wildman–Crippen MR) is 56.8 cm³/mol. The lowest BCUT2D eigenvalue weighted by Gasteiger charge is -2.19. The van der Waals surface area contributed by atoms with Crippen LogP contribution >= 0.6 is 0 Å². The molecule has 0 aliphatic carbocycles. The molecule has 78 valence electrons. The molecule has 0 aromatic heterocycles. The van der Waals surface area contributed by atoms with E-state index >= 15 is 0 Å². The molecule has 1 N–H and O–H groups in total. The first-order chi connectivity index (χ1) is 7.04. The molecule has 0 heterocycles. The molecule has 1 aromatic rings. The van der Waals surface area contributed by atoms with Crippen LogP contribution in [0.25, 0.3) is 0 Å². The molecule has 0 saturated heterocycles. The molecule has 0 amide bonds. The third-order valence-corrected chi connectivity index (χ3v) is 2.11. The highest BCUT2D eigenvalue weighted by atomic mass is 16.4.